The summed E-state index contributed by atoms with van der Waals surface area (Å²) in [6, 6.07) is 16.0. The van der Waals surface area contributed by atoms with Gasteiger partial charge in [-0.25, -0.2) is 0 Å². The number of nitrogens with one attached hydrogen (secondary N) is 1. The molecule has 1 atom stereocenters. The van der Waals surface area contributed by atoms with Crippen molar-refractivity contribution in [3.63, 3.8) is 0 Å². The molecule has 0 spiro atoms. The molecule has 0 heterocycles. The van der Waals surface area contributed by atoms with Gasteiger partial charge in [0.1, 0.15) is 0 Å². The van der Waals surface area contributed by atoms with E-state index < -0.39 is 0 Å². The first kappa shape index (κ1) is 14.8. The van der Waals surface area contributed by atoms with Crippen molar-refractivity contribution in [1.29, 1.82) is 0 Å². The van der Waals surface area contributed by atoms with E-state index in [-0.39, 0.29) is 6.04 Å². The van der Waals surface area contributed by atoms with Crippen LogP contribution in [0.4, 0.5) is 0 Å². The third-order valence-corrected chi connectivity index (χ3v) is 3.59. The molecule has 0 aliphatic rings. The van der Waals surface area contributed by atoms with E-state index in [1.807, 2.05) is 0 Å². The zero-order chi connectivity index (χ0) is 14.5. The monoisotopic (exact) mass is 267 g/mol. The molecule has 0 aromatic heterocycles. The molecule has 1 unspecified atom stereocenters. The topological polar surface area (TPSA) is 12.0 Å². The second-order valence-electron chi connectivity index (χ2n) is 5.72. The van der Waals surface area contributed by atoms with Crippen LogP contribution in [0.25, 0.3) is 0 Å². The van der Waals surface area contributed by atoms with Crippen molar-refractivity contribution in [3.05, 3.63) is 70.3 Å². The van der Waals surface area contributed by atoms with Gasteiger partial charge in [-0.15, -0.1) is 0 Å². The first-order valence-electron chi connectivity index (χ1n) is 7.48. The Morgan fingerprint density at radius 1 is 0.800 bits per heavy atom. The first-order valence-corrected chi connectivity index (χ1v) is 7.48. The SMILES string of the molecule is CCCNC(c1ccc(C)cc1)c1cc(C)cc(C)c1. The molecule has 20 heavy (non-hydrogen) atoms. The zero-order valence-electron chi connectivity index (χ0n) is 13.0. The lowest BCUT2D eigenvalue weighted by molar-refractivity contribution is 0.598. The van der Waals surface area contributed by atoms with Gasteiger partial charge >= 0.3 is 0 Å². The van der Waals surface area contributed by atoms with Gasteiger partial charge in [0.05, 0.1) is 6.04 Å². The molecule has 0 aliphatic heterocycles. The molecule has 2 aromatic carbocycles. The van der Waals surface area contributed by atoms with Crippen molar-refractivity contribution in [1.82, 2.24) is 5.32 Å². The Kier molecular flexibility index (Phi) is 4.97. The van der Waals surface area contributed by atoms with Gasteiger partial charge in [-0.3, -0.25) is 0 Å². The number of hydrogen-bond donors (Lipinski definition) is 1. The molecule has 0 amide bonds. The lowest BCUT2D eigenvalue weighted by atomic mass is 9.95. The van der Waals surface area contributed by atoms with Crippen LogP contribution in [0.5, 0.6) is 0 Å². The number of rotatable bonds is 5. The third-order valence-electron chi connectivity index (χ3n) is 3.59. The van der Waals surface area contributed by atoms with Gasteiger partial charge in [-0.1, -0.05) is 66.1 Å². The molecule has 0 saturated heterocycles. The van der Waals surface area contributed by atoms with Crippen LogP contribution in [0.1, 0.15) is 47.2 Å². The summed E-state index contributed by atoms with van der Waals surface area (Å²) in [4.78, 5) is 0. The summed E-state index contributed by atoms with van der Waals surface area (Å²) < 4.78 is 0. The maximum atomic E-state index is 3.68. The van der Waals surface area contributed by atoms with Crippen LogP contribution in [-0.4, -0.2) is 6.54 Å². The van der Waals surface area contributed by atoms with E-state index in [0.29, 0.717) is 0 Å². The fourth-order valence-electron chi connectivity index (χ4n) is 2.65. The molecule has 1 N–H and O–H groups in total. The molecule has 0 aliphatic carbocycles. The van der Waals surface area contributed by atoms with Crippen molar-refractivity contribution < 1.29 is 0 Å². The highest BCUT2D eigenvalue weighted by atomic mass is 14.9. The van der Waals surface area contributed by atoms with E-state index in [0.717, 1.165) is 13.0 Å². The lowest BCUT2D eigenvalue weighted by Crippen LogP contribution is -2.23. The fourth-order valence-corrected chi connectivity index (χ4v) is 2.65. The molecule has 1 nitrogen and oxygen atoms in total. The summed E-state index contributed by atoms with van der Waals surface area (Å²) in [5.74, 6) is 0. The van der Waals surface area contributed by atoms with Gasteiger partial charge in [0.15, 0.2) is 0 Å². The van der Waals surface area contributed by atoms with Crippen LogP contribution in [0.15, 0.2) is 42.5 Å². The van der Waals surface area contributed by atoms with Crippen molar-refractivity contribution in [2.75, 3.05) is 6.54 Å². The van der Waals surface area contributed by atoms with Crippen LogP contribution < -0.4 is 5.32 Å². The molecule has 106 valence electrons. The number of hydrogen-bond acceptors (Lipinski definition) is 1. The quantitative estimate of drug-likeness (QED) is 0.828. The van der Waals surface area contributed by atoms with Gasteiger partial charge in [-0.2, -0.15) is 0 Å². The highest BCUT2D eigenvalue weighted by molar-refractivity contribution is 5.37. The highest BCUT2D eigenvalue weighted by Crippen LogP contribution is 2.24. The van der Waals surface area contributed by atoms with Crippen molar-refractivity contribution in [3.8, 4) is 0 Å². The number of aryl methyl sites for hydroxylation is 3. The van der Waals surface area contributed by atoms with Gasteiger partial charge in [0.2, 0.25) is 0 Å². The molecular formula is C19H25N. The van der Waals surface area contributed by atoms with Crippen LogP contribution in [-0.2, 0) is 0 Å². The first-order chi connectivity index (χ1) is 9.60. The molecule has 0 radical (unpaired) electrons. The molecule has 2 rings (SSSR count). The zero-order valence-corrected chi connectivity index (χ0v) is 13.0. The Morgan fingerprint density at radius 3 is 1.95 bits per heavy atom. The lowest BCUT2D eigenvalue weighted by Gasteiger charge is -2.21. The van der Waals surface area contributed by atoms with E-state index >= 15 is 0 Å². The normalized spacial score (nSPS) is 12.4. The minimum Gasteiger partial charge on any atom is -0.306 e. The minimum absolute atomic E-state index is 0.286. The molecule has 0 saturated carbocycles. The minimum atomic E-state index is 0.286. The third kappa shape index (κ3) is 3.71. The second kappa shape index (κ2) is 6.71. The average molecular weight is 267 g/mol. The standard InChI is InChI=1S/C19H25N/c1-5-10-20-19(17-8-6-14(2)7-9-17)18-12-15(3)11-16(4)13-18/h6-9,11-13,19-20H,5,10H2,1-4H3. The summed E-state index contributed by atoms with van der Waals surface area (Å²) in [5.41, 5.74) is 6.67. The van der Waals surface area contributed by atoms with Crippen LogP contribution in [0.2, 0.25) is 0 Å². The predicted octanol–water partition coefficient (Wildman–Crippen LogP) is 4.70. The Balaban J connectivity index is 2.38. The van der Waals surface area contributed by atoms with Gasteiger partial charge < -0.3 is 5.32 Å². The van der Waals surface area contributed by atoms with E-state index in [9.17, 15) is 0 Å². The van der Waals surface area contributed by atoms with E-state index in [1.165, 1.54) is 27.8 Å². The maximum Gasteiger partial charge on any atom is 0.0576 e. The summed E-state index contributed by atoms with van der Waals surface area (Å²) in [5, 5.41) is 3.68. The number of benzene rings is 2. The molecule has 2 aromatic rings. The van der Waals surface area contributed by atoms with Crippen molar-refractivity contribution in [2.45, 2.75) is 40.2 Å². The molecular weight excluding hydrogens is 242 g/mol. The van der Waals surface area contributed by atoms with Crippen molar-refractivity contribution in [2.24, 2.45) is 0 Å². The van der Waals surface area contributed by atoms with Crippen LogP contribution in [0, 0.1) is 20.8 Å². The summed E-state index contributed by atoms with van der Waals surface area (Å²) in [6.07, 6.45) is 1.15. The van der Waals surface area contributed by atoms with E-state index in [4.69, 9.17) is 0 Å². The Bertz CT molecular complexity index is 534. The van der Waals surface area contributed by atoms with E-state index in [1.54, 1.807) is 0 Å². The Morgan fingerprint density at radius 2 is 1.40 bits per heavy atom. The maximum absolute atomic E-state index is 3.68. The van der Waals surface area contributed by atoms with Gasteiger partial charge in [0, 0.05) is 0 Å². The van der Waals surface area contributed by atoms with Gasteiger partial charge in [-0.05, 0) is 44.9 Å². The van der Waals surface area contributed by atoms with Crippen LogP contribution >= 0.6 is 0 Å². The van der Waals surface area contributed by atoms with Crippen molar-refractivity contribution >= 4 is 0 Å². The summed E-state index contributed by atoms with van der Waals surface area (Å²) in [6.45, 7) is 9.71. The second-order valence-corrected chi connectivity index (χ2v) is 5.72. The largest absolute Gasteiger partial charge is 0.306 e. The van der Waals surface area contributed by atoms with Gasteiger partial charge in [0.25, 0.3) is 0 Å². The summed E-state index contributed by atoms with van der Waals surface area (Å²) >= 11 is 0. The Labute approximate surface area is 123 Å². The molecule has 1 heteroatoms. The fraction of sp³-hybridized carbons (Fsp3) is 0.368. The highest BCUT2D eigenvalue weighted by Gasteiger charge is 2.13. The Hall–Kier alpha value is -1.60. The van der Waals surface area contributed by atoms with Crippen LogP contribution in [0.3, 0.4) is 0 Å². The molecule has 0 bridgehead atoms. The van der Waals surface area contributed by atoms with E-state index in [2.05, 4.69) is 75.5 Å². The average Bonchev–Trinajstić information content (AvgIpc) is 2.40. The summed E-state index contributed by atoms with van der Waals surface area (Å²) in [7, 11) is 0. The smallest absolute Gasteiger partial charge is 0.0576 e. The predicted molar refractivity (Wildman–Crippen MR) is 87.2 cm³/mol. The molecule has 0 fully saturated rings.